The zero-order valence-corrected chi connectivity index (χ0v) is 11.4. The number of esters is 1. The molecule has 0 saturated heterocycles. The van der Waals surface area contributed by atoms with Crippen LogP contribution in [0.2, 0.25) is 0 Å². The first-order chi connectivity index (χ1) is 9.51. The lowest BCUT2D eigenvalue weighted by Crippen LogP contribution is -2.05. The van der Waals surface area contributed by atoms with Crippen molar-refractivity contribution in [2.24, 2.45) is 0 Å². The Balaban J connectivity index is 0.000000388. The molecule has 1 aromatic rings. The first-order valence-electron chi connectivity index (χ1n) is 5.95. The number of hydrogen-bond donors (Lipinski definition) is 1. The van der Waals surface area contributed by atoms with Crippen LogP contribution in [0.3, 0.4) is 0 Å². The van der Waals surface area contributed by atoms with Crippen LogP contribution in [0.1, 0.15) is 12.5 Å². The zero-order chi connectivity index (χ0) is 15.4. The molecule has 0 unspecified atom stereocenters. The Morgan fingerprint density at radius 3 is 2.25 bits per heavy atom. The van der Waals surface area contributed by atoms with Gasteiger partial charge in [0.15, 0.2) is 0 Å². The quantitative estimate of drug-likeness (QED) is 0.509. The van der Waals surface area contributed by atoms with Crippen molar-refractivity contribution in [3.8, 4) is 0 Å². The average Bonchev–Trinajstić information content (AvgIpc) is 2.46. The van der Waals surface area contributed by atoms with E-state index in [1.54, 1.807) is 6.92 Å². The number of rotatable bonds is 5. The minimum atomic E-state index is -1.12. The Kier molecular flexibility index (Phi) is 8.96. The highest BCUT2D eigenvalue weighted by Crippen LogP contribution is 1.97. The lowest BCUT2D eigenvalue weighted by atomic mass is 10.2. The van der Waals surface area contributed by atoms with Crippen LogP contribution in [0.4, 0.5) is 0 Å². The summed E-state index contributed by atoms with van der Waals surface area (Å²) in [5.74, 6) is -1.73. The predicted molar refractivity (Wildman–Crippen MR) is 79.1 cm³/mol. The predicted octanol–water partition coefficient (Wildman–Crippen LogP) is 3.08. The van der Waals surface area contributed by atoms with Crippen LogP contribution < -0.4 is 0 Å². The summed E-state index contributed by atoms with van der Waals surface area (Å²) in [6.45, 7) is 8.86. The second kappa shape index (κ2) is 10.3. The first-order valence-corrected chi connectivity index (χ1v) is 5.95. The smallest absolute Gasteiger partial charge is 0.337 e. The lowest BCUT2D eigenvalue weighted by molar-refractivity contribution is -0.138. The second-order valence-corrected chi connectivity index (χ2v) is 3.53. The third-order valence-electron chi connectivity index (χ3n) is 2.00. The van der Waals surface area contributed by atoms with Gasteiger partial charge in [0.05, 0.1) is 12.2 Å². The van der Waals surface area contributed by atoms with Crippen molar-refractivity contribution in [3.63, 3.8) is 0 Å². The highest BCUT2D eigenvalue weighted by atomic mass is 16.5. The monoisotopic (exact) mass is 274 g/mol. The van der Waals surface area contributed by atoms with Crippen molar-refractivity contribution in [1.82, 2.24) is 0 Å². The summed E-state index contributed by atoms with van der Waals surface area (Å²) in [6, 6.07) is 10.0. The van der Waals surface area contributed by atoms with Gasteiger partial charge in [0.1, 0.15) is 0 Å². The summed E-state index contributed by atoms with van der Waals surface area (Å²) >= 11 is 0. The number of carboxylic acid groups (broad SMARTS) is 1. The molecule has 106 valence electrons. The molecule has 0 spiro atoms. The molecule has 1 N–H and O–H groups in total. The van der Waals surface area contributed by atoms with Gasteiger partial charge in [0, 0.05) is 6.08 Å². The number of carboxylic acids is 1. The van der Waals surface area contributed by atoms with Crippen molar-refractivity contribution in [3.05, 3.63) is 66.8 Å². The highest BCUT2D eigenvalue weighted by Gasteiger charge is 2.03. The minimum absolute atomic E-state index is 0.0271. The fourth-order valence-corrected chi connectivity index (χ4v) is 1.05. The van der Waals surface area contributed by atoms with E-state index in [0.717, 1.165) is 12.2 Å². The second-order valence-electron chi connectivity index (χ2n) is 3.53. The number of benzene rings is 1. The standard InChI is InChI=1S/C8H10O4.C8H8/c1-3-12-8(11)6(2)4-5-7(9)10;1-2-8-6-4-3-5-7-8/h4-5H,2-3H2,1H3,(H,9,10);2-7H,1H2. The van der Waals surface area contributed by atoms with Gasteiger partial charge in [0.25, 0.3) is 0 Å². The molecule has 0 saturated carbocycles. The molecule has 1 rings (SSSR count). The van der Waals surface area contributed by atoms with Crippen LogP contribution in [0.25, 0.3) is 6.08 Å². The molecule has 0 amide bonds. The number of ether oxygens (including phenoxy) is 1. The van der Waals surface area contributed by atoms with Gasteiger partial charge >= 0.3 is 11.9 Å². The molecule has 0 heterocycles. The van der Waals surface area contributed by atoms with Crippen LogP contribution in [-0.2, 0) is 14.3 Å². The van der Waals surface area contributed by atoms with Crippen LogP contribution in [0.15, 0.2) is 61.2 Å². The first kappa shape index (κ1) is 17.4. The van der Waals surface area contributed by atoms with Crippen molar-refractivity contribution >= 4 is 18.0 Å². The van der Waals surface area contributed by atoms with Gasteiger partial charge < -0.3 is 9.84 Å². The SMILES string of the molecule is C=C(C=CC(=O)O)C(=O)OCC.C=Cc1ccccc1. The molecule has 20 heavy (non-hydrogen) atoms. The lowest BCUT2D eigenvalue weighted by Gasteiger charge is -1.98. The Morgan fingerprint density at radius 1 is 1.25 bits per heavy atom. The number of hydrogen-bond acceptors (Lipinski definition) is 3. The van der Waals surface area contributed by atoms with E-state index in [4.69, 9.17) is 5.11 Å². The molecule has 4 nitrogen and oxygen atoms in total. The highest BCUT2D eigenvalue weighted by molar-refractivity contribution is 5.93. The molecule has 0 aliphatic rings. The van der Waals surface area contributed by atoms with Gasteiger partial charge in [-0.3, -0.25) is 0 Å². The Bertz CT molecular complexity index is 486. The summed E-state index contributed by atoms with van der Waals surface area (Å²) in [4.78, 5) is 20.8. The number of aliphatic carboxylic acids is 1. The molecule has 1 aromatic carbocycles. The summed E-state index contributed by atoms with van der Waals surface area (Å²) < 4.78 is 4.55. The van der Waals surface area contributed by atoms with E-state index in [-0.39, 0.29) is 12.2 Å². The van der Waals surface area contributed by atoms with Crippen molar-refractivity contribution in [2.75, 3.05) is 6.61 Å². The van der Waals surface area contributed by atoms with Gasteiger partial charge in [-0.25, -0.2) is 9.59 Å². The van der Waals surface area contributed by atoms with E-state index < -0.39 is 11.9 Å². The molecule has 0 aliphatic heterocycles. The van der Waals surface area contributed by atoms with Crippen LogP contribution in [-0.4, -0.2) is 23.7 Å². The maximum Gasteiger partial charge on any atom is 0.337 e. The van der Waals surface area contributed by atoms with Crippen LogP contribution in [0, 0.1) is 0 Å². The Hall–Kier alpha value is -2.62. The van der Waals surface area contributed by atoms with Crippen molar-refractivity contribution in [1.29, 1.82) is 0 Å². The van der Waals surface area contributed by atoms with Crippen molar-refractivity contribution in [2.45, 2.75) is 6.92 Å². The van der Waals surface area contributed by atoms with E-state index in [0.29, 0.717) is 0 Å². The zero-order valence-electron chi connectivity index (χ0n) is 11.4. The molecule has 4 heteroatoms. The van der Waals surface area contributed by atoms with Gasteiger partial charge in [-0.2, -0.15) is 0 Å². The third kappa shape index (κ3) is 8.47. The molecule has 0 atom stereocenters. The van der Waals surface area contributed by atoms with E-state index in [1.807, 2.05) is 36.4 Å². The largest absolute Gasteiger partial charge is 0.478 e. The average molecular weight is 274 g/mol. The molecule has 0 bridgehead atoms. The van der Waals surface area contributed by atoms with Crippen molar-refractivity contribution < 1.29 is 19.4 Å². The molecular formula is C16H18O4. The van der Waals surface area contributed by atoms with Crippen LogP contribution >= 0.6 is 0 Å². The topological polar surface area (TPSA) is 63.6 Å². The number of carbonyl (C=O) groups is 2. The Labute approximate surface area is 118 Å². The fourth-order valence-electron chi connectivity index (χ4n) is 1.05. The summed E-state index contributed by atoms with van der Waals surface area (Å²) in [6.07, 6.45) is 3.76. The summed E-state index contributed by atoms with van der Waals surface area (Å²) in [7, 11) is 0. The maximum atomic E-state index is 10.8. The van der Waals surface area contributed by atoms with E-state index in [1.165, 1.54) is 5.56 Å². The minimum Gasteiger partial charge on any atom is -0.478 e. The molecule has 0 fully saturated rings. The molecule has 0 aliphatic carbocycles. The van der Waals surface area contributed by atoms with E-state index >= 15 is 0 Å². The maximum absolute atomic E-state index is 10.8. The molecule has 0 radical (unpaired) electrons. The summed E-state index contributed by atoms with van der Waals surface area (Å²) in [5, 5.41) is 8.19. The third-order valence-corrected chi connectivity index (χ3v) is 2.00. The normalized spacial score (nSPS) is 9.25. The van der Waals surface area contributed by atoms with Gasteiger partial charge in [-0.1, -0.05) is 49.6 Å². The van der Waals surface area contributed by atoms with Gasteiger partial charge in [-0.05, 0) is 18.6 Å². The molecule has 0 aromatic heterocycles. The van der Waals surface area contributed by atoms with E-state index in [2.05, 4.69) is 17.9 Å². The van der Waals surface area contributed by atoms with Gasteiger partial charge in [-0.15, -0.1) is 0 Å². The van der Waals surface area contributed by atoms with E-state index in [9.17, 15) is 9.59 Å². The fraction of sp³-hybridized carbons (Fsp3) is 0.125. The Morgan fingerprint density at radius 2 is 1.85 bits per heavy atom. The molecular weight excluding hydrogens is 256 g/mol. The van der Waals surface area contributed by atoms with Crippen LogP contribution in [0.5, 0.6) is 0 Å². The van der Waals surface area contributed by atoms with Gasteiger partial charge in [0.2, 0.25) is 0 Å². The number of carbonyl (C=O) groups excluding carboxylic acids is 1. The summed E-state index contributed by atoms with van der Waals surface area (Å²) in [5.41, 5.74) is 1.20.